The van der Waals surface area contributed by atoms with E-state index in [1.54, 1.807) is 0 Å². The van der Waals surface area contributed by atoms with Gasteiger partial charge >= 0.3 is 6.03 Å². The summed E-state index contributed by atoms with van der Waals surface area (Å²) in [5.74, 6) is 0. The van der Waals surface area contributed by atoms with Gasteiger partial charge in [0, 0.05) is 19.2 Å². The molecule has 1 aromatic rings. The van der Waals surface area contributed by atoms with Crippen molar-refractivity contribution in [2.45, 2.75) is 39.3 Å². The maximum atomic E-state index is 11.4. The summed E-state index contributed by atoms with van der Waals surface area (Å²) in [4.78, 5) is 11.4. The molecule has 0 aliphatic rings. The van der Waals surface area contributed by atoms with Gasteiger partial charge in [0.2, 0.25) is 0 Å². The molecule has 4 nitrogen and oxygen atoms in total. The lowest BCUT2D eigenvalue weighted by molar-refractivity contribution is 0.118. The Hall–Kier alpha value is -1.55. The third kappa shape index (κ3) is 7.47. The molecule has 0 aliphatic carbocycles. The highest BCUT2D eigenvalue weighted by atomic mass is 16.5. The fourth-order valence-electron chi connectivity index (χ4n) is 1.52. The van der Waals surface area contributed by atoms with E-state index in [4.69, 9.17) is 4.74 Å². The molecule has 1 unspecified atom stereocenters. The molecule has 19 heavy (non-hydrogen) atoms. The first-order valence-corrected chi connectivity index (χ1v) is 6.88. The maximum Gasteiger partial charge on any atom is 0.314 e. The van der Waals surface area contributed by atoms with Crippen LogP contribution in [0.25, 0.3) is 0 Å². The maximum absolute atomic E-state index is 11.4. The highest BCUT2D eigenvalue weighted by Gasteiger charge is 2.03. The predicted octanol–water partition coefficient (Wildman–Crippen LogP) is 2.69. The van der Waals surface area contributed by atoms with Crippen LogP contribution in [0.3, 0.4) is 0 Å². The quantitative estimate of drug-likeness (QED) is 0.709. The second-order valence-corrected chi connectivity index (χ2v) is 4.60. The van der Waals surface area contributed by atoms with E-state index in [9.17, 15) is 4.79 Å². The molecule has 0 saturated carbocycles. The van der Waals surface area contributed by atoms with Crippen LogP contribution >= 0.6 is 0 Å². The lowest BCUT2D eigenvalue weighted by Crippen LogP contribution is -2.41. The molecule has 106 valence electrons. The standard InChI is InChI=1S/C15H24N2O2/c1-3-13(2)17-15(18)16-10-7-11-19-12-14-8-5-4-6-9-14/h4-6,8-9,13H,3,7,10-12H2,1-2H3,(H2,16,17,18). The van der Waals surface area contributed by atoms with Gasteiger partial charge in [-0.05, 0) is 25.3 Å². The van der Waals surface area contributed by atoms with E-state index in [0.29, 0.717) is 19.8 Å². The van der Waals surface area contributed by atoms with Crippen LogP contribution in [-0.2, 0) is 11.3 Å². The number of amides is 2. The number of nitrogens with one attached hydrogen (secondary N) is 2. The largest absolute Gasteiger partial charge is 0.377 e. The highest BCUT2D eigenvalue weighted by Crippen LogP contribution is 2.00. The van der Waals surface area contributed by atoms with Crippen molar-refractivity contribution in [1.82, 2.24) is 10.6 Å². The number of carbonyl (C=O) groups is 1. The van der Waals surface area contributed by atoms with Crippen molar-refractivity contribution in [3.63, 3.8) is 0 Å². The van der Waals surface area contributed by atoms with Crippen LogP contribution in [-0.4, -0.2) is 25.2 Å². The fraction of sp³-hybridized carbons (Fsp3) is 0.533. The molecule has 0 saturated heterocycles. The van der Waals surface area contributed by atoms with Crippen molar-refractivity contribution in [2.24, 2.45) is 0 Å². The molecular weight excluding hydrogens is 240 g/mol. The predicted molar refractivity (Wildman–Crippen MR) is 77.0 cm³/mol. The molecule has 0 heterocycles. The minimum atomic E-state index is -0.0996. The average molecular weight is 264 g/mol. The molecule has 2 amide bonds. The summed E-state index contributed by atoms with van der Waals surface area (Å²) in [5.41, 5.74) is 1.17. The summed E-state index contributed by atoms with van der Waals surface area (Å²) in [6, 6.07) is 10.2. The zero-order valence-corrected chi connectivity index (χ0v) is 11.8. The second-order valence-electron chi connectivity index (χ2n) is 4.60. The normalized spacial score (nSPS) is 11.9. The van der Waals surface area contributed by atoms with Crippen molar-refractivity contribution < 1.29 is 9.53 Å². The van der Waals surface area contributed by atoms with E-state index < -0.39 is 0 Å². The Kier molecular flexibility index (Phi) is 7.66. The third-order valence-corrected chi connectivity index (χ3v) is 2.85. The molecule has 2 N–H and O–H groups in total. The average Bonchev–Trinajstić information content (AvgIpc) is 2.43. The summed E-state index contributed by atoms with van der Waals surface area (Å²) in [5, 5.41) is 5.67. The zero-order valence-electron chi connectivity index (χ0n) is 11.8. The van der Waals surface area contributed by atoms with Crippen LogP contribution in [0, 0.1) is 0 Å². The van der Waals surface area contributed by atoms with Crippen LogP contribution in [0.15, 0.2) is 30.3 Å². The van der Waals surface area contributed by atoms with E-state index >= 15 is 0 Å². The summed E-state index contributed by atoms with van der Waals surface area (Å²) >= 11 is 0. The number of urea groups is 1. The summed E-state index contributed by atoms with van der Waals surface area (Å²) in [6.45, 7) is 5.94. The minimum absolute atomic E-state index is 0.0996. The van der Waals surface area contributed by atoms with E-state index in [2.05, 4.69) is 10.6 Å². The Morgan fingerprint density at radius 2 is 2.05 bits per heavy atom. The van der Waals surface area contributed by atoms with Crippen molar-refractivity contribution in [2.75, 3.05) is 13.2 Å². The molecule has 0 aliphatic heterocycles. The summed E-state index contributed by atoms with van der Waals surface area (Å²) in [6.07, 6.45) is 1.76. The van der Waals surface area contributed by atoms with Gasteiger partial charge in [-0.15, -0.1) is 0 Å². The van der Waals surface area contributed by atoms with Crippen LogP contribution in [0.2, 0.25) is 0 Å². The Labute approximate surface area is 115 Å². The van der Waals surface area contributed by atoms with Gasteiger partial charge in [-0.1, -0.05) is 37.3 Å². The topological polar surface area (TPSA) is 50.4 Å². The smallest absolute Gasteiger partial charge is 0.314 e. The van der Waals surface area contributed by atoms with E-state index in [1.807, 2.05) is 44.2 Å². The summed E-state index contributed by atoms with van der Waals surface area (Å²) < 4.78 is 5.53. The van der Waals surface area contributed by atoms with Gasteiger partial charge < -0.3 is 15.4 Å². The Morgan fingerprint density at radius 1 is 1.32 bits per heavy atom. The van der Waals surface area contributed by atoms with Crippen LogP contribution in [0.5, 0.6) is 0 Å². The Morgan fingerprint density at radius 3 is 2.74 bits per heavy atom. The number of hydrogen-bond donors (Lipinski definition) is 2. The SMILES string of the molecule is CCC(C)NC(=O)NCCCOCc1ccccc1. The van der Waals surface area contributed by atoms with E-state index in [-0.39, 0.29) is 12.1 Å². The molecule has 0 radical (unpaired) electrons. The Bertz CT molecular complexity index is 354. The van der Waals surface area contributed by atoms with E-state index in [0.717, 1.165) is 12.8 Å². The van der Waals surface area contributed by atoms with Crippen molar-refractivity contribution in [1.29, 1.82) is 0 Å². The zero-order chi connectivity index (χ0) is 13.9. The van der Waals surface area contributed by atoms with Crippen molar-refractivity contribution in [3.8, 4) is 0 Å². The van der Waals surface area contributed by atoms with E-state index in [1.165, 1.54) is 5.56 Å². The van der Waals surface area contributed by atoms with Gasteiger partial charge in [-0.3, -0.25) is 0 Å². The molecule has 1 rings (SSSR count). The fourth-order valence-corrected chi connectivity index (χ4v) is 1.52. The van der Waals surface area contributed by atoms with Crippen LogP contribution in [0.4, 0.5) is 4.79 Å². The van der Waals surface area contributed by atoms with Gasteiger partial charge in [-0.25, -0.2) is 4.79 Å². The molecule has 4 heteroatoms. The lowest BCUT2D eigenvalue weighted by atomic mass is 10.2. The summed E-state index contributed by atoms with van der Waals surface area (Å²) in [7, 11) is 0. The number of carbonyl (C=O) groups excluding carboxylic acids is 1. The van der Waals surface area contributed by atoms with Crippen LogP contribution in [0.1, 0.15) is 32.3 Å². The molecule has 1 aromatic carbocycles. The second kappa shape index (κ2) is 9.39. The lowest BCUT2D eigenvalue weighted by Gasteiger charge is -2.12. The molecule has 0 spiro atoms. The molecular formula is C15H24N2O2. The molecule has 0 fully saturated rings. The first-order chi connectivity index (χ1) is 9.22. The number of benzene rings is 1. The van der Waals surface area contributed by atoms with Gasteiger partial charge in [0.25, 0.3) is 0 Å². The first kappa shape index (κ1) is 15.5. The highest BCUT2D eigenvalue weighted by molar-refractivity contribution is 5.74. The minimum Gasteiger partial charge on any atom is -0.377 e. The molecule has 1 atom stereocenters. The van der Waals surface area contributed by atoms with Crippen molar-refractivity contribution in [3.05, 3.63) is 35.9 Å². The number of ether oxygens (including phenoxy) is 1. The van der Waals surface area contributed by atoms with Gasteiger partial charge in [0.05, 0.1) is 6.61 Å². The number of hydrogen-bond acceptors (Lipinski definition) is 2. The molecule has 0 aromatic heterocycles. The Balaban J connectivity index is 1.98. The molecule has 0 bridgehead atoms. The first-order valence-electron chi connectivity index (χ1n) is 6.88. The van der Waals surface area contributed by atoms with Gasteiger partial charge in [0.1, 0.15) is 0 Å². The number of rotatable bonds is 8. The monoisotopic (exact) mass is 264 g/mol. The van der Waals surface area contributed by atoms with Crippen molar-refractivity contribution >= 4 is 6.03 Å². The van der Waals surface area contributed by atoms with Crippen LogP contribution < -0.4 is 10.6 Å². The third-order valence-electron chi connectivity index (χ3n) is 2.85. The van der Waals surface area contributed by atoms with Gasteiger partial charge in [-0.2, -0.15) is 0 Å². The van der Waals surface area contributed by atoms with Gasteiger partial charge in [0.15, 0.2) is 0 Å².